The average molecular weight is 434 g/mol. The molecule has 1 aromatic carbocycles. The molecule has 0 bridgehead atoms. The van der Waals surface area contributed by atoms with Gasteiger partial charge >= 0.3 is 5.97 Å². The number of amidine groups is 1. The van der Waals surface area contributed by atoms with E-state index in [9.17, 15) is 9.59 Å². The lowest BCUT2D eigenvalue weighted by Crippen LogP contribution is -2.31. The van der Waals surface area contributed by atoms with E-state index in [1.54, 1.807) is 19.2 Å². The van der Waals surface area contributed by atoms with Gasteiger partial charge in [0, 0.05) is 32.3 Å². The Morgan fingerprint density at radius 2 is 2.03 bits per heavy atom. The second-order valence-corrected chi connectivity index (χ2v) is 7.99. The molecule has 0 radical (unpaired) electrons. The number of ether oxygens (including phenoxy) is 2. The maximum Gasteiger partial charge on any atom is 0.303 e. The van der Waals surface area contributed by atoms with E-state index in [0.29, 0.717) is 36.0 Å². The van der Waals surface area contributed by atoms with Gasteiger partial charge in [-0.1, -0.05) is 0 Å². The lowest BCUT2D eigenvalue weighted by atomic mass is 10.2. The van der Waals surface area contributed by atoms with E-state index < -0.39 is 5.97 Å². The van der Waals surface area contributed by atoms with Crippen molar-refractivity contribution in [3.8, 4) is 5.75 Å². The van der Waals surface area contributed by atoms with Crippen LogP contribution < -0.4 is 10.1 Å². The van der Waals surface area contributed by atoms with Gasteiger partial charge in [0.1, 0.15) is 10.7 Å². The molecular formula is C21H27N3O5S. The van der Waals surface area contributed by atoms with Crippen LogP contribution in [0.25, 0.3) is 0 Å². The molecule has 8 nitrogen and oxygen atoms in total. The van der Waals surface area contributed by atoms with E-state index >= 15 is 0 Å². The van der Waals surface area contributed by atoms with Crippen molar-refractivity contribution in [1.82, 2.24) is 4.90 Å². The van der Waals surface area contributed by atoms with Crippen molar-refractivity contribution in [2.24, 2.45) is 4.99 Å². The van der Waals surface area contributed by atoms with Gasteiger partial charge in [0.05, 0.1) is 18.9 Å². The summed E-state index contributed by atoms with van der Waals surface area (Å²) in [5.41, 5.74) is 1.55. The molecule has 9 heteroatoms. The van der Waals surface area contributed by atoms with Crippen LogP contribution in [0.5, 0.6) is 5.75 Å². The number of thioether (sulfide) groups is 1. The summed E-state index contributed by atoms with van der Waals surface area (Å²) in [6.07, 6.45) is 3.44. The van der Waals surface area contributed by atoms with Crippen LogP contribution in [-0.4, -0.2) is 60.5 Å². The molecule has 1 amide bonds. The van der Waals surface area contributed by atoms with Gasteiger partial charge < -0.3 is 24.8 Å². The Bertz CT molecular complexity index is 822. The first-order chi connectivity index (χ1) is 14.6. The second-order valence-electron chi connectivity index (χ2n) is 7.01. The Labute approximate surface area is 180 Å². The first-order valence-corrected chi connectivity index (χ1v) is 10.9. The molecule has 2 aliphatic rings. The normalized spacial score (nSPS) is 15.6. The number of nitrogens with zero attached hydrogens (tertiary/aromatic N) is 2. The summed E-state index contributed by atoms with van der Waals surface area (Å²) in [6.45, 7) is 2.54. The Balaban J connectivity index is 1.51. The van der Waals surface area contributed by atoms with Crippen LogP contribution in [0.2, 0.25) is 0 Å². The molecule has 162 valence electrons. The smallest absolute Gasteiger partial charge is 0.303 e. The molecule has 2 aliphatic heterocycles. The zero-order valence-electron chi connectivity index (χ0n) is 17.1. The lowest BCUT2D eigenvalue weighted by molar-refractivity contribution is -0.137. The van der Waals surface area contributed by atoms with Gasteiger partial charge in [-0.15, -0.1) is 0 Å². The van der Waals surface area contributed by atoms with Gasteiger partial charge in [0.2, 0.25) is 0 Å². The second kappa shape index (κ2) is 11.0. The number of aliphatic imine (C=N–C) groups is 1. The van der Waals surface area contributed by atoms with E-state index in [4.69, 9.17) is 14.6 Å². The van der Waals surface area contributed by atoms with Crippen molar-refractivity contribution in [2.45, 2.75) is 32.1 Å². The summed E-state index contributed by atoms with van der Waals surface area (Å²) in [7, 11) is 1.62. The van der Waals surface area contributed by atoms with Crippen molar-refractivity contribution in [3.63, 3.8) is 0 Å². The minimum Gasteiger partial charge on any atom is -0.494 e. The summed E-state index contributed by atoms with van der Waals surface area (Å²) >= 11 is 1.39. The molecule has 2 N–H and O–H groups in total. The van der Waals surface area contributed by atoms with E-state index in [2.05, 4.69) is 15.2 Å². The summed E-state index contributed by atoms with van der Waals surface area (Å²) in [5.74, 6) is -0.220. The Morgan fingerprint density at radius 1 is 1.23 bits per heavy atom. The number of nitrogens with one attached hydrogen (secondary N) is 1. The van der Waals surface area contributed by atoms with E-state index in [1.165, 1.54) is 11.8 Å². The number of carbonyl (C=O) groups is 2. The van der Waals surface area contributed by atoms with Gasteiger partial charge in [0.25, 0.3) is 5.91 Å². The number of hydrogen-bond acceptors (Lipinski definition) is 7. The molecule has 0 unspecified atom stereocenters. The Morgan fingerprint density at radius 3 is 2.77 bits per heavy atom. The number of carboxylic acids is 1. The van der Waals surface area contributed by atoms with Crippen molar-refractivity contribution in [2.75, 3.05) is 38.7 Å². The number of aliphatic carboxylic acids is 1. The van der Waals surface area contributed by atoms with Gasteiger partial charge in [-0.05, 0) is 61.7 Å². The molecule has 1 aromatic rings. The van der Waals surface area contributed by atoms with Crippen LogP contribution in [0.3, 0.4) is 0 Å². The predicted molar refractivity (Wildman–Crippen MR) is 117 cm³/mol. The third kappa shape index (κ3) is 5.99. The fraction of sp³-hybridized carbons (Fsp3) is 0.476. The summed E-state index contributed by atoms with van der Waals surface area (Å²) in [5, 5.41) is 12.4. The van der Waals surface area contributed by atoms with Crippen molar-refractivity contribution in [3.05, 3.63) is 34.9 Å². The van der Waals surface area contributed by atoms with Crippen molar-refractivity contribution in [1.29, 1.82) is 0 Å². The summed E-state index contributed by atoms with van der Waals surface area (Å²) in [6, 6.07) is 7.23. The lowest BCUT2D eigenvalue weighted by Gasteiger charge is -2.24. The van der Waals surface area contributed by atoms with Gasteiger partial charge in [-0.2, -0.15) is 0 Å². The highest BCUT2D eigenvalue weighted by atomic mass is 32.2. The Hall–Kier alpha value is -2.52. The van der Waals surface area contributed by atoms with Gasteiger partial charge in [-0.3, -0.25) is 14.6 Å². The highest BCUT2D eigenvalue weighted by Crippen LogP contribution is 2.37. The van der Waals surface area contributed by atoms with Gasteiger partial charge in [0.15, 0.2) is 5.17 Å². The zero-order chi connectivity index (χ0) is 21.3. The number of fused-ring (bicyclic) bond motifs is 1. The fourth-order valence-corrected chi connectivity index (χ4v) is 4.30. The fourth-order valence-electron chi connectivity index (χ4n) is 3.22. The highest BCUT2D eigenvalue weighted by Gasteiger charge is 2.34. The van der Waals surface area contributed by atoms with Crippen LogP contribution >= 0.6 is 11.8 Å². The van der Waals surface area contributed by atoms with E-state index in [1.807, 2.05) is 12.1 Å². The van der Waals surface area contributed by atoms with E-state index in [-0.39, 0.29) is 12.3 Å². The maximum atomic E-state index is 12.8. The number of hydrogen-bond donors (Lipinski definition) is 2. The molecule has 0 aliphatic carbocycles. The number of unbranched alkanes of at least 4 members (excludes halogenated alkanes) is 2. The SMILES string of the molecule is COCC1=C(C(=O)Nc2ccc(OCCCCCC(=O)O)cc2)SC2=NCCCN21. The number of rotatable bonds is 11. The number of carbonyl (C=O) groups excluding carboxylic acids is 1. The predicted octanol–water partition coefficient (Wildman–Crippen LogP) is 3.32. The molecule has 0 aromatic heterocycles. The minimum absolute atomic E-state index is 0.170. The van der Waals surface area contributed by atoms with Crippen LogP contribution in [0.1, 0.15) is 32.1 Å². The number of amides is 1. The molecule has 3 rings (SSSR count). The number of anilines is 1. The third-order valence-corrected chi connectivity index (χ3v) is 5.86. The summed E-state index contributed by atoms with van der Waals surface area (Å²) in [4.78, 5) is 30.5. The summed E-state index contributed by atoms with van der Waals surface area (Å²) < 4.78 is 11.0. The zero-order valence-corrected chi connectivity index (χ0v) is 17.9. The molecule has 30 heavy (non-hydrogen) atoms. The Kier molecular flexibility index (Phi) is 8.15. The third-order valence-electron chi connectivity index (χ3n) is 4.70. The minimum atomic E-state index is -0.765. The molecule has 0 saturated heterocycles. The highest BCUT2D eigenvalue weighted by molar-refractivity contribution is 8.18. The van der Waals surface area contributed by atoms with Crippen LogP contribution in [0.4, 0.5) is 5.69 Å². The molecule has 0 saturated carbocycles. The van der Waals surface area contributed by atoms with Crippen molar-refractivity contribution >= 4 is 34.5 Å². The maximum absolute atomic E-state index is 12.8. The number of methoxy groups -OCH3 is 1. The van der Waals surface area contributed by atoms with E-state index in [0.717, 1.165) is 43.2 Å². The molecule has 0 spiro atoms. The first kappa shape index (κ1) is 22.2. The van der Waals surface area contributed by atoms with Crippen LogP contribution in [0, 0.1) is 0 Å². The molecule has 2 heterocycles. The molecular weight excluding hydrogens is 406 g/mol. The monoisotopic (exact) mass is 433 g/mol. The topological polar surface area (TPSA) is 100 Å². The van der Waals surface area contributed by atoms with Crippen LogP contribution in [0.15, 0.2) is 39.9 Å². The van der Waals surface area contributed by atoms with Gasteiger partial charge in [-0.25, -0.2) is 0 Å². The quantitative estimate of drug-likeness (QED) is 0.516. The standard InChI is InChI=1S/C21H27N3O5S/c1-28-14-17-19(30-21-22-11-5-12-24(17)21)20(27)23-15-7-9-16(10-8-15)29-13-4-2-3-6-18(25)26/h7-10H,2-6,11-14H2,1H3,(H,23,27)(H,25,26). The first-order valence-electron chi connectivity index (χ1n) is 10.1. The van der Waals surface area contributed by atoms with Crippen molar-refractivity contribution < 1.29 is 24.2 Å². The molecule has 0 fully saturated rings. The average Bonchev–Trinajstić information content (AvgIpc) is 3.11. The molecule has 0 atom stereocenters. The largest absolute Gasteiger partial charge is 0.494 e. The number of benzene rings is 1. The number of carboxylic acid groups (broad SMARTS) is 1. The van der Waals surface area contributed by atoms with Crippen LogP contribution in [-0.2, 0) is 14.3 Å².